The number of furan rings is 1. The molecular formula is C23H20F3N5O3. The zero-order valence-electron chi connectivity index (χ0n) is 18.4. The molecule has 176 valence electrons. The number of hydrogen-bond acceptors (Lipinski definition) is 5. The van der Waals surface area contributed by atoms with Crippen LogP contribution in [0.3, 0.4) is 0 Å². The van der Waals surface area contributed by atoms with Crippen LogP contribution in [-0.2, 0) is 6.18 Å². The molecule has 0 aliphatic carbocycles. The van der Waals surface area contributed by atoms with Crippen molar-refractivity contribution in [2.45, 2.75) is 33.0 Å². The van der Waals surface area contributed by atoms with Gasteiger partial charge in [-0.15, -0.1) is 0 Å². The van der Waals surface area contributed by atoms with Crippen molar-refractivity contribution in [2.75, 3.05) is 10.6 Å². The Labute approximate surface area is 191 Å². The van der Waals surface area contributed by atoms with Crippen molar-refractivity contribution in [3.8, 4) is 0 Å². The Morgan fingerprint density at radius 2 is 1.85 bits per heavy atom. The van der Waals surface area contributed by atoms with Gasteiger partial charge in [0.25, 0.3) is 11.8 Å². The van der Waals surface area contributed by atoms with E-state index in [0.29, 0.717) is 16.7 Å². The van der Waals surface area contributed by atoms with Crippen molar-refractivity contribution in [2.24, 2.45) is 0 Å². The molecular weight excluding hydrogens is 451 g/mol. The Bertz CT molecular complexity index is 1370. The Balaban J connectivity index is 1.63. The van der Waals surface area contributed by atoms with Crippen molar-refractivity contribution in [3.63, 3.8) is 0 Å². The van der Waals surface area contributed by atoms with Crippen LogP contribution in [0.25, 0.3) is 11.0 Å². The molecule has 34 heavy (non-hydrogen) atoms. The fourth-order valence-corrected chi connectivity index (χ4v) is 3.43. The molecule has 11 heteroatoms. The zero-order chi connectivity index (χ0) is 24.6. The highest BCUT2D eigenvalue weighted by molar-refractivity contribution is 6.07. The van der Waals surface area contributed by atoms with Crippen LogP contribution in [0.5, 0.6) is 0 Å². The second kappa shape index (κ2) is 8.65. The van der Waals surface area contributed by atoms with Crippen LogP contribution in [0.15, 0.2) is 53.3 Å². The Kier molecular flexibility index (Phi) is 5.86. The summed E-state index contributed by atoms with van der Waals surface area (Å²) in [5.41, 5.74) is -0.616. The lowest BCUT2D eigenvalue weighted by atomic mass is 10.1. The largest absolute Gasteiger partial charge is 0.459 e. The van der Waals surface area contributed by atoms with Gasteiger partial charge in [-0.05, 0) is 57.2 Å². The Morgan fingerprint density at radius 3 is 2.50 bits per heavy atom. The van der Waals surface area contributed by atoms with E-state index in [1.54, 1.807) is 23.9 Å². The number of nitrogens with zero attached hydrogens (tertiary/aromatic N) is 3. The summed E-state index contributed by atoms with van der Waals surface area (Å²) >= 11 is 0. The molecule has 0 spiro atoms. The number of amides is 2. The molecule has 0 radical (unpaired) electrons. The van der Waals surface area contributed by atoms with Crippen molar-refractivity contribution >= 4 is 34.2 Å². The molecule has 4 rings (SSSR count). The molecule has 2 N–H and O–H groups in total. The molecule has 1 aromatic carbocycles. The molecule has 0 aliphatic rings. The average molecular weight is 471 g/mol. The first-order valence-corrected chi connectivity index (χ1v) is 10.3. The first-order valence-electron chi connectivity index (χ1n) is 10.3. The van der Waals surface area contributed by atoms with Crippen LogP contribution >= 0.6 is 0 Å². The average Bonchev–Trinajstić information content (AvgIpc) is 3.43. The minimum Gasteiger partial charge on any atom is -0.459 e. The molecule has 0 saturated heterocycles. The van der Waals surface area contributed by atoms with Crippen LogP contribution in [-0.4, -0.2) is 26.6 Å². The van der Waals surface area contributed by atoms with Crippen molar-refractivity contribution in [1.29, 1.82) is 0 Å². The van der Waals surface area contributed by atoms with Crippen LogP contribution < -0.4 is 10.6 Å². The maximum Gasteiger partial charge on any atom is 0.418 e. The van der Waals surface area contributed by atoms with Crippen LogP contribution in [0.1, 0.15) is 52.1 Å². The van der Waals surface area contributed by atoms with Crippen LogP contribution in [0.2, 0.25) is 0 Å². The third-order valence-corrected chi connectivity index (χ3v) is 5.07. The van der Waals surface area contributed by atoms with Gasteiger partial charge in [-0.25, -0.2) is 9.67 Å². The summed E-state index contributed by atoms with van der Waals surface area (Å²) in [5, 5.41) is 9.51. The normalized spacial score (nSPS) is 11.7. The van der Waals surface area contributed by atoms with Gasteiger partial charge >= 0.3 is 6.18 Å². The molecule has 3 aromatic heterocycles. The number of nitrogens with one attached hydrogen (secondary N) is 2. The van der Waals surface area contributed by atoms with Gasteiger partial charge in [-0.1, -0.05) is 0 Å². The number of aromatic nitrogens is 3. The molecule has 0 unspecified atom stereocenters. The molecule has 2 amide bonds. The van der Waals surface area contributed by atoms with E-state index in [0.717, 1.165) is 12.1 Å². The third-order valence-electron chi connectivity index (χ3n) is 5.07. The van der Waals surface area contributed by atoms with E-state index in [9.17, 15) is 22.8 Å². The van der Waals surface area contributed by atoms with E-state index in [4.69, 9.17) is 4.42 Å². The first kappa shape index (κ1) is 23.0. The smallest absolute Gasteiger partial charge is 0.418 e. The van der Waals surface area contributed by atoms with Gasteiger partial charge in [-0.3, -0.25) is 9.59 Å². The highest BCUT2D eigenvalue weighted by Crippen LogP contribution is 2.37. The van der Waals surface area contributed by atoms with E-state index in [1.165, 1.54) is 24.5 Å². The number of carbonyl (C=O) groups is 2. The topological polar surface area (TPSA) is 102 Å². The minimum atomic E-state index is -4.79. The molecule has 0 saturated carbocycles. The van der Waals surface area contributed by atoms with E-state index in [-0.39, 0.29) is 23.1 Å². The number of pyridine rings is 1. The number of alkyl halides is 3. The van der Waals surface area contributed by atoms with E-state index < -0.39 is 29.2 Å². The lowest BCUT2D eigenvalue weighted by Crippen LogP contribution is -2.19. The maximum atomic E-state index is 13.8. The summed E-state index contributed by atoms with van der Waals surface area (Å²) in [6.45, 7) is 5.47. The summed E-state index contributed by atoms with van der Waals surface area (Å²) in [5.74, 6) is -1.50. The molecule has 0 fully saturated rings. The van der Waals surface area contributed by atoms with Crippen molar-refractivity contribution in [3.05, 3.63) is 71.4 Å². The summed E-state index contributed by atoms with van der Waals surface area (Å²) in [6, 6.07) is 7.54. The molecule has 3 heterocycles. The number of hydrogen-bond donors (Lipinski definition) is 2. The van der Waals surface area contributed by atoms with E-state index in [2.05, 4.69) is 20.7 Å². The Hall–Kier alpha value is -4.15. The predicted molar refractivity (Wildman–Crippen MR) is 119 cm³/mol. The van der Waals surface area contributed by atoms with Crippen molar-refractivity contribution < 1.29 is 27.2 Å². The number of aryl methyl sites for hydroxylation is 1. The van der Waals surface area contributed by atoms with Gasteiger partial charge in [0, 0.05) is 17.1 Å². The van der Waals surface area contributed by atoms with Gasteiger partial charge in [-0.2, -0.15) is 18.3 Å². The molecule has 0 atom stereocenters. The predicted octanol–water partition coefficient (Wildman–Crippen LogP) is 5.44. The van der Waals surface area contributed by atoms with E-state index >= 15 is 0 Å². The second-order valence-corrected chi connectivity index (χ2v) is 7.86. The first-order chi connectivity index (χ1) is 16.0. The third kappa shape index (κ3) is 4.49. The minimum absolute atomic E-state index is 0.0465. The van der Waals surface area contributed by atoms with Gasteiger partial charge < -0.3 is 15.1 Å². The standard InChI is InChI=1S/C23H20F3N5O3/c1-12(2)31-20-14(11-27-31)9-16(13(3)28-20)21(32)30-18-7-6-15(10-17(18)23(24,25)26)29-22(33)19-5-4-8-34-19/h4-12H,1-3H3,(H,29,33)(H,30,32). The number of benzene rings is 1. The van der Waals surface area contributed by atoms with Gasteiger partial charge in [0.1, 0.15) is 0 Å². The van der Waals surface area contributed by atoms with Crippen LogP contribution in [0.4, 0.5) is 24.5 Å². The number of anilines is 2. The van der Waals surface area contributed by atoms with Gasteiger partial charge in [0.2, 0.25) is 0 Å². The molecule has 0 aliphatic heterocycles. The second-order valence-electron chi connectivity index (χ2n) is 7.86. The molecule has 4 aromatic rings. The van der Waals surface area contributed by atoms with Crippen molar-refractivity contribution in [1.82, 2.24) is 14.8 Å². The molecule has 8 nitrogen and oxygen atoms in total. The summed E-state index contributed by atoms with van der Waals surface area (Å²) in [7, 11) is 0. The fraction of sp³-hybridized carbons (Fsp3) is 0.217. The highest BCUT2D eigenvalue weighted by atomic mass is 19.4. The lowest BCUT2D eigenvalue weighted by molar-refractivity contribution is -0.136. The fourth-order valence-electron chi connectivity index (χ4n) is 3.43. The lowest BCUT2D eigenvalue weighted by Gasteiger charge is -2.16. The summed E-state index contributed by atoms with van der Waals surface area (Å²) < 4.78 is 47.9. The SMILES string of the molecule is Cc1nc2c(cnn2C(C)C)cc1C(=O)Nc1ccc(NC(=O)c2ccco2)cc1C(F)(F)F. The summed E-state index contributed by atoms with van der Waals surface area (Å²) in [4.78, 5) is 29.4. The number of fused-ring (bicyclic) bond motifs is 1. The number of carbonyl (C=O) groups excluding carboxylic acids is 2. The molecule has 0 bridgehead atoms. The van der Waals surface area contributed by atoms with Gasteiger partial charge in [0.15, 0.2) is 11.4 Å². The highest BCUT2D eigenvalue weighted by Gasteiger charge is 2.34. The van der Waals surface area contributed by atoms with Crippen LogP contribution in [0, 0.1) is 6.92 Å². The maximum absolute atomic E-state index is 13.8. The monoisotopic (exact) mass is 471 g/mol. The quantitative estimate of drug-likeness (QED) is 0.404. The Morgan fingerprint density at radius 1 is 1.09 bits per heavy atom. The number of halogens is 3. The van der Waals surface area contributed by atoms with E-state index in [1.807, 2.05) is 13.8 Å². The zero-order valence-corrected chi connectivity index (χ0v) is 18.4. The van der Waals surface area contributed by atoms with Gasteiger partial charge in [0.05, 0.1) is 35.0 Å². The summed E-state index contributed by atoms with van der Waals surface area (Å²) in [6.07, 6.45) is -1.96. The number of rotatable bonds is 5.